The molecule has 0 amide bonds. The van der Waals surface area contributed by atoms with Gasteiger partial charge < -0.3 is 11.5 Å². The second kappa shape index (κ2) is 6.64. The number of rotatable bonds is 4. The van der Waals surface area contributed by atoms with Crippen LogP contribution in [0.1, 0.15) is 16.7 Å². The summed E-state index contributed by atoms with van der Waals surface area (Å²) in [6.45, 7) is 3.81. The SMILES string of the molecule is Cc1ccc(S(=O)(=O)n2cc(/C=N/N=C(N)N)c3ccc(C)cc32)cc1. The third-order valence-corrected chi connectivity index (χ3v) is 5.59. The maximum absolute atomic E-state index is 13.1. The molecule has 1 aromatic heterocycles. The fraction of sp³-hybridized carbons (Fsp3) is 0.111. The summed E-state index contributed by atoms with van der Waals surface area (Å²) in [5, 5.41) is 8.10. The average molecular weight is 369 g/mol. The number of aromatic nitrogens is 1. The van der Waals surface area contributed by atoms with E-state index < -0.39 is 10.0 Å². The van der Waals surface area contributed by atoms with Gasteiger partial charge in [-0.25, -0.2) is 12.4 Å². The second-order valence-electron chi connectivity index (χ2n) is 5.99. The molecule has 3 rings (SSSR count). The van der Waals surface area contributed by atoms with Gasteiger partial charge in [0.1, 0.15) is 0 Å². The first kappa shape index (κ1) is 17.7. The summed E-state index contributed by atoms with van der Waals surface area (Å²) >= 11 is 0. The van der Waals surface area contributed by atoms with Gasteiger partial charge in [-0.2, -0.15) is 5.10 Å². The Morgan fingerprint density at radius 1 is 1.04 bits per heavy atom. The number of benzene rings is 2. The van der Waals surface area contributed by atoms with Gasteiger partial charge in [0.2, 0.25) is 5.96 Å². The molecule has 0 unspecified atom stereocenters. The van der Waals surface area contributed by atoms with E-state index in [2.05, 4.69) is 10.2 Å². The lowest BCUT2D eigenvalue weighted by atomic mass is 10.1. The van der Waals surface area contributed by atoms with Gasteiger partial charge in [-0.15, -0.1) is 5.10 Å². The van der Waals surface area contributed by atoms with E-state index in [-0.39, 0.29) is 10.9 Å². The van der Waals surface area contributed by atoms with Crippen LogP contribution in [0.3, 0.4) is 0 Å². The molecule has 4 N–H and O–H groups in total. The van der Waals surface area contributed by atoms with Crippen LogP contribution in [-0.4, -0.2) is 24.6 Å². The van der Waals surface area contributed by atoms with Crippen LogP contribution in [-0.2, 0) is 10.0 Å². The molecule has 0 radical (unpaired) electrons. The molecule has 26 heavy (non-hydrogen) atoms. The minimum absolute atomic E-state index is 0.173. The Labute approximate surface area is 151 Å². The van der Waals surface area contributed by atoms with E-state index >= 15 is 0 Å². The quantitative estimate of drug-likeness (QED) is 0.416. The lowest BCUT2D eigenvalue weighted by Gasteiger charge is -2.08. The molecule has 0 fully saturated rings. The highest BCUT2D eigenvalue weighted by Gasteiger charge is 2.20. The summed E-state index contributed by atoms with van der Waals surface area (Å²) in [5.41, 5.74) is 13.6. The highest BCUT2D eigenvalue weighted by molar-refractivity contribution is 7.90. The van der Waals surface area contributed by atoms with Crippen molar-refractivity contribution >= 4 is 33.1 Å². The summed E-state index contributed by atoms with van der Waals surface area (Å²) in [6.07, 6.45) is 2.95. The molecule has 0 atom stereocenters. The van der Waals surface area contributed by atoms with E-state index in [1.54, 1.807) is 24.3 Å². The van der Waals surface area contributed by atoms with Crippen LogP contribution < -0.4 is 11.5 Å². The topological polar surface area (TPSA) is 116 Å². The zero-order valence-corrected chi connectivity index (χ0v) is 15.2. The van der Waals surface area contributed by atoms with Crippen molar-refractivity contribution in [3.05, 3.63) is 65.4 Å². The summed E-state index contributed by atoms with van der Waals surface area (Å²) < 4.78 is 27.5. The van der Waals surface area contributed by atoms with Gasteiger partial charge in [0.15, 0.2) is 0 Å². The average Bonchev–Trinajstić information content (AvgIpc) is 2.93. The van der Waals surface area contributed by atoms with Gasteiger partial charge >= 0.3 is 0 Å². The van der Waals surface area contributed by atoms with Crippen molar-refractivity contribution in [2.45, 2.75) is 18.7 Å². The normalized spacial score (nSPS) is 11.9. The van der Waals surface area contributed by atoms with E-state index in [0.717, 1.165) is 16.5 Å². The highest BCUT2D eigenvalue weighted by Crippen LogP contribution is 2.26. The maximum Gasteiger partial charge on any atom is 0.268 e. The first-order valence-corrected chi connectivity index (χ1v) is 9.29. The number of fused-ring (bicyclic) bond motifs is 1. The third kappa shape index (κ3) is 3.31. The Hall–Kier alpha value is -3.13. The van der Waals surface area contributed by atoms with Crippen molar-refractivity contribution in [2.24, 2.45) is 21.7 Å². The molecule has 1 heterocycles. The first-order chi connectivity index (χ1) is 12.3. The number of guanidine groups is 1. The lowest BCUT2D eigenvalue weighted by Crippen LogP contribution is -2.21. The van der Waals surface area contributed by atoms with Gasteiger partial charge in [0, 0.05) is 17.1 Å². The van der Waals surface area contributed by atoms with Crippen molar-refractivity contribution in [3.8, 4) is 0 Å². The third-order valence-electron chi connectivity index (χ3n) is 3.91. The Balaban J connectivity index is 2.22. The molecule has 0 aliphatic carbocycles. The zero-order valence-electron chi connectivity index (χ0n) is 14.4. The fourth-order valence-corrected chi connectivity index (χ4v) is 3.99. The van der Waals surface area contributed by atoms with Crippen LogP contribution in [0.5, 0.6) is 0 Å². The molecule has 3 aromatic rings. The van der Waals surface area contributed by atoms with Gasteiger partial charge in [-0.1, -0.05) is 29.8 Å². The second-order valence-corrected chi connectivity index (χ2v) is 7.80. The molecule has 0 bridgehead atoms. The van der Waals surface area contributed by atoms with Crippen LogP contribution in [0.2, 0.25) is 0 Å². The molecular formula is C18H19N5O2S. The Bertz CT molecular complexity index is 1120. The molecule has 0 saturated heterocycles. The number of hydrogen-bond donors (Lipinski definition) is 2. The van der Waals surface area contributed by atoms with Gasteiger partial charge in [-0.3, -0.25) is 0 Å². The van der Waals surface area contributed by atoms with Crippen LogP contribution in [0.15, 0.2) is 63.8 Å². The Morgan fingerprint density at radius 3 is 2.35 bits per heavy atom. The Morgan fingerprint density at radius 2 is 1.69 bits per heavy atom. The van der Waals surface area contributed by atoms with Crippen LogP contribution in [0.4, 0.5) is 0 Å². The minimum atomic E-state index is -3.75. The van der Waals surface area contributed by atoms with Crippen molar-refractivity contribution in [2.75, 3.05) is 0 Å². The van der Waals surface area contributed by atoms with Crippen LogP contribution >= 0.6 is 0 Å². The maximum atomic E-state index is 13.1. The molecule has 0 spiro atoms. The van der Waals surface area contributed by atoms with Gasteiger partial charge in [0.05, 0.1) is 16.6 Å². The number of hydrogen-bond acceptors (Lipinski definition) is 4. The molecule has 0 aliphatic rings. The molecular weight excluding hydrogens is 350 g/mol. The monoisotopic (exact) mass is 369 g/mol. The smallest absolute Gasteiger partial charge is 0.268 e. The summed E-state index contributed by atoms with van der Waals surface area (Å²) in [5.74, 6) is -0.173. The van der Waals surface area contributed by atoms with E-state index in [1.165, 1.54) is 16.4 Å². The van der Waals surface area contributed by atoms with Crippen LogP contribution in [0, 0.1) is 13.8 Å². The Kier molecular flexibility index (Phi) is 4.52. The minimum Gasteiger partial charge on any atom is -0.369 e. The molecule has 7 nitrogen and oxygen atoms in total. The molecule has 134 valence electrons. The summed E-state index contributed by atoms with van der Waals surface area (Å²) in [4.78, 5) is 0.217. The van der Waals surface area contributed by atoms with Gasteiger partial charge in [0.25, 0.3) is 10.0 Å². The van der Waals surface area contributed by atoms with Crippen molar-refractivity contribution in [1.82, 2.24) is 3.97 Å². The molecule has 2 aromatic carbocycles. The van der Waals surface area contributed by atoms with Crippen molar-refractivity contribution < 1.29 is 8.42 Å². The molecule has 0 aliphatic heterocycles. The molecule has 8 heteroatoms. The number of aryl methyl sites for hydroxylation is 2. The lowest BCUT2D eigenvalue weighted by molar-refractivity contribution is 0.589. The van der Waals surface area contributed by atoms with Gasteiger partial charge in [-0.05, 0) is 37.6 Å². The highest BCUT2D eigenvalue weighted by atomic mass is 32.2. The van der Waals surface area contributed by atoms with E-state index in [9.17, 15) is 8.42 Å². The largest absolute Gasteiger partial charge is 0.369 e. The molecule has 0 saturated carbocycles. The van der Waals surface area contributed by atoms with E-state index in [1.807, 2.05) is 32.0 Å². The van der Waals surface area contributed by atoms with E-state index in [4.69, 9.17) is 11.5 Å². The van der Waals surface area contributed by atoms with E-state index in [0.29, 0.717) is 11.1 Å². The van der Waals surface area contributed by atoms with Crippen molar-refractivity contribution in [1.29, 1.82) is 0 Å². The summed E-state index contributed by atoms with van der Waals surface area (Å²) in [7, 11) is -3.75. The van der Waals surface area contributed by atoms with Crippen LogP contribution in [0.25, 0.3) is 10.9 Å². The fourth-order valence-electron chi connectivity index (χ4n) is 2.62. The summed E-state index contributed by atoms with van der Waals surface area (Å²) in [6, 6.07) is 12.3. The first-order valence-electron chi connectivity index (χ1n) is 7.85. The number of nitrogens with two attached hydrogens (primary N) is 2. The predicted molar refractivity (Wildman–Crippen MR) is 104 cm³/mol. The zero-order chi connectivity index (χ0) is 18.9. The number of nitrogens with zero attached hydrogens (tertiary/aromatic N) is 3. The standard InChI is InChI=1S/C18H19N5O2S/c1-12-3-6-15(7-4-12)26(24,25)23-11-14(10-21-22-18(19)20)16-8-5-13(2)9-17(16)23/h3-11H,1-2H3,(H4,19,20,22)/b21-10+. The predicted octanol–water partition coefficient (Wildman–Crippen LogP) is 2.10. The van der Waals surface area contributed by atoms with Crippen molar-refractivity contribution in [3.63, 3.8) is 0 Å².